The maximum Gasteiger partial charge on any atom is 0.309 e. The molecule has 6 unspecified atom stereocenters. The third kappa shape index (κ3) is 26.7. The summed E-state index contributed by atoms with van der Waals surface area (Å²) in [4.78, 5) is 104. The summed E-state index contributed by atoms with van der Waals surface area (Å²) in [6.45, 7) is 22.9. The van der Waals surface area contributed by atoms with Gasteiger partial charge < -0.3 is 42.8 Å². The number of Topliss-reactive ketones (excluding diaryl/α,β-unsaturated/α-hetero) is 1. The van der Waals surface area contributed by atoms with E-state index in [4.69, 9.17) is 37.9 Å². The quantitative estimate of drug-likeness (QED) is 0.0136. The number of carbonyl (C=O) groups is 5. The molecule has 1 heterocycles. The Balaban J connectivity index is 0.000000428. The van der Waals surface area contributed by atoms with Crippen molar-refractivity contribution in [1.82, 2.24) is 0 Å². The molecular weight excluding hydrogens is 1300 g/mol. The van der Waals surface area contributed by atoms with Crippen LogP contribution in [0.15, 0.2) is 142 Å². The van der Waals surface area contributed by atoms with Gasteiger partial charge in [-0.3, -0.25) is 54.3 Å². The van der Waals surface area contributed by atoms with Crippen molar-refractivity contribution in [2.24, 2.45) is 28.2 Å². The molecule has 0 spiro atoms. The molecule has 1 aliphatic rings. The molecule has 0 fully saturated rings. The first-order valence-electron chi connectivity index (χ1n) is 30.1. The van der Waals surface area contributed by atoms with Gasteiger partial charge in [0.25, 0.3) is 17.1 Å². The SMILES string of the molecule is C.CC(C)C(=O)OC(C)c1cc2c(cc1[N+](=O)[O-])OCO2.CC(C)C(=O)OCC(C)c1ccccc1[N+](=O)[O-].CCc1cc([N+](=O)[O-])c(C(C)COC(=O)C(C)C)cc1Sc1ccccc1.COc1cc(OC)cc(C(OC(=O)C(C)C)C(=O)c2ccccc2)c1.C[P+]([O-])=NP. The van der Waals surface area contributed by atoms with E-state index < -0.39 is 41.9 Å². The number of fused-ring (bicyclic) bond motifs is 1. The Labute approximate surface area is 568 Å². The molecule has 27 heteroatoms. The molecule has 6 aromatic carbocycles. The van der Waals surface area contributed by atoms with Gasteiger partial charge in [0.15, 0.2) is 25.5 Å². The summed E-state index contributed by atoms with van der Waals surface area (Å²) >= 11 is 1.59. The average molecular weight is 1390 g/mol. The van der Waals surface area contributed by atoms with Gasteiger partial charge in [0.2, 0.25) is 12.6 Å². The summed E-state index contributed by atoms with van der Waals surface area (Å²) in [6, 6.07) is 36.5. The molecule has 520 valence electrons. The highest BCUT2D eigenvalue weighted by molar-refractivity contribution is 7.99. The molecule has 0 radical (unpaired) electrons. The van der Waals surface area contributed by atoms with Crippen LogP contribution in [0.2, 0.25) is 0 Å². The predicted octanol–water partition coefficient (Wildman–Crippen LogP) is 15.9. The first-order valence-corrected chi connectivity index (χ1v) is 33.1. The Hall–Kier alpha value is -8.89. The molecule has 0 aromatic heterocycles. The van der Waals surface area contributed by atoms with Crippen molar-refractivity contribution >= 4 is 75.8 Å². The predicted molar refractivity (Wildman–Crippen MR) is 369 cm³/mol. The van der Waals surface area contributed by atoms with Gasteiger partial charge >= 0.3 is 23.9 Å². The monoisotopic (exact) mass is 1390 g/mol. The maximum atomic E-state index is 12.9. The van der Waals surface area contributed by atoms with Gasteiger partial charge in [-0.25, -0.2) is 0 Å². The highest BCUT2D eigenvalue weighted by Gasteiger charge is 2.31. The minimum Gasteiger partial charge on any atom is -0.612 e. The molecular formula is C69H88N4O20P2S. The highest BCUT2D eigenvalue weighted by Crippen LogP contribution is 2.42. The van der Waals surface area contributed by atoms with Gasteiger partial charge in [0, 0.05) is 71.5 Å². The van der Waals surface area contributed by atoms with Crippen LogP contribution in [0.25, 0.3) is 0 Å². The first-order chi connectivity index (χ1) is 44.9. The lowest BCUT2D eigenvalue weighted by molar-refractivity contribution is -0.386. The second kappa shape index (κ2) is 41.8. The van der Waals surface area contributed by atoms with E-state index in [9.17, 15) is 59.2 Å². The van der Waals surface area contributed by atoms with Crippen molar-refractivity contribution in [3.8, 4) is 23.0 Å². The number of rotatable bonds is 24. The molecule has 0 saturated heterocycles. The van der Waals surface area contributed by atoms with Crippen molar-refractivity contribution in [3.05, 3.63) is 191 Å². The molecule has 0 bridgehead atoms. The lowest BCUT2D eigenvalue weighted by Crippen LogP contribution is -2.23. The molecule has 0 amide bonds. The van der Waals surface area contributed by atoms with E-state index in [1.165, 1.54) is 32.4 Å². The first kappa shape index (κ1) is 83.2. The average Bonchev–Trinajstić information content (AvgIpc) is 1.44. The number of ketones is 1. The summed E-state index contributed by atoms with van der Waals surface area (Å²) in [5.41, 5.74) is 3.34. The van der Waals surface area contributed by atoms with Crippen molar-refractivity contribution in [2.75, 3.05) is 40.9 Å². The normalized spacial score (nSPS) is 12.3. The summed E-state index contributed by atoms with van der Waals surface area (Å²) in [7, 11) is 3.82. The number of methoxy groups -OCH3 is 2. The maximum absolute atomic E-state index is 12.9. The standard InChI is InChI=1S/C21H25NO4S.C20H22O5.C13H15NO6.C13H17NO4.CH5NOP2.CH4/c1-5-16-11-19(22(24)25)18(15(4)13-26-21(23)14(2)3)12-20(16)27-17-9-7-6-8-10-17;1-13(2)20(22)25-19(18(21)14-8-6-5-7-9-14)15-10-16(23-3)12-17(11-15)24-4;1-7(2)13(15)20-8(3)9-4-11-12(19-6-18-11)5-10(9)14(16)17;1-9(2)13(15)18-8-10(3)11-6-4-5-7-12(11)14(16)17;1-5(3)2-4;/h6-12,14-15H,5,13H2,1-4H3;5-13,19H,1-4H3;4-5,7-8H,6H2,1-3H3;4-7,9-10H,8H2,1-3H3;4H2,1H3;1H4. The Morgan fingerprint density at radius 2 is 1.01 bits per heavy atom. The summed E-state index contributed by atoms with van der Waals surface area (Å²) < 4.78 is 45.2. The van der Waals surface area contributed by atoms with Crippen LogP contribution >= 0.6 is 29.1 Å². The van der Waals surface area contributed by atoms with Crippen molar-refractivity contribution in [3.63, 3.8) is 0 Å². The van der Waals surface area contributed by atoms with Crippen LogP contribution in [-0.4, -0.2) is 85.3 Å². The Morgan fingerprint density at radius 3 is 1.47 bits per heavy atom. The molecule has 0 saturated carbocycles. The number of hydrogen-bond acceptors (Lipinski definition) is 22. The van der Waals surface area contributed by atoms with E-state index in [1.807, 2.05) is 65.7 Å². The molecule has 96 heavy (non-hydrogen) atoms. The lowest BCUT2D eigenvalue weighted by Gasteiger charge is -2.20. The van der Waals surface area contributed by atoms with Gasteiger partial charge in [0.05, 0.1) is 77.5 Å². The number of ether oxygens (including phenoxy) is 8. The van der Waals surface area contributed by atoms with Crippen molar-refractivity contribution in [1.29, 1.82) is 0 Å². The third-order valence-electron chi connectivity index (χ3n) is 13.6. The van der Waals surface area contributed by atoms with E-state index in [2.05, 4.69) is 4.52 Å². The lowest BCUT2D eigenvalue weighted by atomic mass is 9.97. The molecule has 6 aromatic rings. The smallest absolute Gasteiger partial charge is 0.309 e. The third-order valence-corrected chi connectivity index (χ3v) is 16.0. The summed E-state index contributed by atoms with van der Waals surface area (Å²) in [6.07, 6.45) is -1.10. The minimum atomic E-state index is -1.26. The summed E-state index contributed by atoms with van der Waals surface area (Å²) in [5.74, 6) is -1.52. The molecule has 6 atom stereocenters. The van der Waals surface area contributed by atoms with Crippen molar-refractivity contribution in [2.45, 2.75) is 131 Å². The van der Waals surface area contributed by atoms with E-state index in [0.717, 1.165) is 15.4 Å². The van der Waals surface area contributed by atoms with Crippen molar-refractivity contribution < 1.29 is 81.5 Å². The van der Waals surface area contributed by atoms with Gasteiger partial charge in [-0.2, -0.15) is 0 Å². The van der Waals surface area contributed by atoms with Gasteiger partial charge in [-0.15, -0.1) is 0 Å². The van der Waals surface area contributed by atoms with Gasteiger partial charge in [-0.05, 0) is 55.3 Å². The largest absolute Gasteiger partial charge is 0.612 e. The van der Waals surface area contributed by atoms with Crippen LogP contribution in [0.1, 0.15) is 153 Å². The number of carbonyl (C=O) groups excluding carboxylic acids is 5. The Bertz CT molecular complexity index is 3570. The number of aryl methyl sites for hydroxylation is 1. The number of nitro benzene ring substituents is 3. The fourth-order valence-electron chi connectivity index (χ4n) is 8.23. The number of esters is 4. The molecule has 0 aliphatic carbocycles. The fourth-order valence-corrected chi connectivity index (χ4v) is 9.30. The van der Waals surface area contributed by atoms with Crippen LogP contribution in [0.3, 0.4) is 0 Å². The van der Waals surface area contributed by atoms with E-state index >= 15 is 0 Å². The van der Waals surface area contributed by atoms with Gasteiger partial charge in [0.1, 0.15) is 24.3 Å². The van der Waals surface area contributed by atoms with E-state index in [0.29, 0.717) is 51.7 Å². The number of hydrogen-bond donors (Lipinski definition) is 0. The van der Waals surface area contributed by atoms with E-state index in [-0.39, 0.29) is 108 Å². The molecule has 7 rings (SSSR count). The zero-order valence-corrected chi connectivity index (χ0v) is 58.8. The number of nitro groups is 3. The Kier molecular flexibility index (Phi) is 36.3. The second-order valence-electron chi connectivity index (χ2n) is 22.4. The molecule has 24 nitrogen and oxygen atoms in total. The number of benzene rings is 6. The Morgan fingerprint density at radius 1 is 0.573 bits per heavy atom. The highest BCUT2D eigenvalue weighted by atomic mass is 32.2. The van der Waals surface area contributed by atoms with Crippen LogP contribution in [0, 0.1) is 54.0 Å². The minimum absolute atomic E-state index is 0. The van der Waals surface area contributed by atoms with Gasteiger partial charge in [-0.1, -0.05) is 167 Å². The zero-order valence-electron chi connectivity index (χ0n) is 56.0. The topological polar surface area (TPSA) is 324 Å². The summed E-state index contributed by atoms with van der Waals surface area (Å²) in [5, 5.41) is 33.6. The van der Waals surface area contributed by atoms with E-state index in [1.54, 1.807) is 154 Å². The van der Waals surface area contributed by atoms with Crippen LogP contribution in [0.4, 0.5) is 17.1 Å². The molecule has 1 aliphatic heterocycles. The zero-order chi connectivity index (χ0) is 71.2. The number of nitrogens with zero attached hydrogens (tertiary/aromatic N) is 4. The van der Waals surface area contributed by atoms with Crippen LogP contribution in [-0.2, 0) is 44.5 Å². The fraction of sp³-hybridized carbons (Fsp3) is 0.406. The number of para-hydroxylation sites is 1. The van der Waals surface area contributed by atoms with Crippen LogP contribution < -0.4 is 23.8 Å². The molecule has 0 N–H and O–H groups in total. The van der Waals surface area contributed by atoms with Crippen LogP contribution in [0.5, 0.6) is 23.0 Å². The second-order valence-corrected chi connectivity index (χ2v) is 25.4.